The summed E-state index contributed by atoms with van der Waals surface area (Å²) in [6, 6.07) is 18.1. The highest BCUT2D eigenvalue weighted by Gasteiger charge is 2.31. The van der Waals surface area contributed by atoms with Gasteiger partial charge in [-0.2, -0.15) is 0 Å². The first-order valence-corrected chi connectivity index (χ1v) is 12.2. The van der Waals surface area contributed by atoms with Crippen LogP contribution in [0, 0.1) is 12.8 Å². The molecule has 36 heavy (non-hydrogen) atoms. The van der Waals surface area contributed by atoms with Crippen LogP contribution in [0.25, 0.3) is 33.2 Å². The fraction of sp³-hybridized carbons (Fsp3) is 0.286. The lowest BCUT2D eigenvalue weighted by Gasteiger charge is -2.33. The number of pyridine rings is 1. The number of fused-ring (bicyclic) bond motifs is 3. The second-order valence-corrected chi connectivity index (χ2v) is 9.42. The number of aromatic carboxylic acids is 1. The van der Waals surface area contributed by atoms with Crippen LogP contribution in [0.5, 0.6) is 0 Å². The van der Waals surface area contributed by atoms with E-state index in [2.05, 4.69) is 45.2 Å². The van der Waals surface area contributed by atoms with Crippen molar-refractivity contribution < 1.29 is 14.6 Å². The zero-order valence-corrected chi connectivity index (χ0v) is 20.3. The predicted molar refractivity (Wildman–Crippen MR) is 137 cm³/mol. The molecule has 1 atom stereocenters. The molecule has 1 aliphatic rings. The number of carboxylic acid groups (broad SMARTS) is 1. The highest BCUT2D eigenvalue weighted by Crippen LogP contribution is 2.42. The number of ether oxygens (including phenoxy) is 1. The van der Waals surface area contributed by atoms with Crippen molar-refractivity contribution in [1.29, 1.82) is 0 Å². The van der Waals surface area contributed by atoms with Crippen molar-refractivity contribution in [3.63, 3.8) is 0 Å². The number of hydrogen-bond acceptors (Lipinski definition) is 5. The highest BCUT2D eigenvalue weighted by atomic mass is 16.5. The zero-order chi connectivity index (χ0) is 24.8. The number of carboxylic acids is 1. The molecular formula is C28H27N5O3. The molecule has 1 N–H and O–H groups in total. The van der Waals surface area contributed by atoms with Gasteiger partial charge in [-0.15, -0.1) is 5.10 Å². The van der Waals surface area contributed by atoms with E-state index in [1.54, 1.807) is 16.9 Å². The average molecular weight is 482 g/mol. The van der Waals surface area contributed by atoms with Crippen molar-refractivity contribution in [3.05, 3.63) is 77.6 Å². The molecule has 0 radical (unpaired) electrons. The Morgan fingerprint density at radius 3 is 2.56 bits per heavy atom. The molecule has 4 heterocycles. The Morgan fingerprint density at radius 2 is 1.86 bits per heavy atom. The molecule has 1 fully saturated rings. The van der Waals surface area contributed by atoms with E-state index in [1.165, 1.54) is 5.56 Å². The summed E-state index contributed by atoms with van der Waals surface area (Å²) in [5, 5.41) is 19.1. The quantitative estimate of drug-likeness (QED) is 0.379. The lowest BCUT2D eigenvalue weighted by Crippen LogP contribution is -2.26. The van der Waals surface area contributed by atoms with Crippen LogP contribution >= 0.6 is 0 Å². The lowest BCUT2D eigenvalue weighted by molar-refractivity contribution is 0.0553. The van der Waals surface area contributed by atoms with Crippen LogP contribution in [0.15, 0.2) is 60.8 Å². The van der Waals surface area contributed by atoms with E-state index in [-0.39, 0.29) is 11.6 Å². The molecule has 0 bridgehead atoms. The number of benzene rings is 2. The van der Waals surface area contributed by atoms with Crippen molar-refractivity contribution in [2.45, 2.75) is 25.8 Å². The summed E-state index contributed by atoms with van der Waals surface area (Å²) < 4.78 is 9.76. The lowest BCUT2D eigenvalue weighted by atomic mass is 9.86. The summed E-state index contributed by atoms with van der Waals surface area (Å²) in [7, 11) is 1.87. The third-order valence-corrected chi connectivity index (χ3v) is 7.30. The Hall–Kier alpha value is -4.04. The topological polar surface area (TPSA) is 95.1 Å². The van der Waals surface area contributed by atoms with Crippen LogP contribution < -0.4 is 0 Å². The number of rotatable bonds is 5. The van der Waals surface area contributed by atoms with Gasteiger partial charge in [0.15, 0.2) is 0 Å². The average Bonchev–Trinajstić information content (AvgIpc) is 3.41. The smallest absolute Gasteiger partial charge is 0.336 e. The second kappa shape index (κ2) is 8.87. The molecule has 5 aromatic rings. The fourth-order valence-electron chi connectivity index (χ4n) is 5.73. The summed E-state index contributed by atoms with van der Waals surface area (Å²) >= 11 is 0. The second-order valence-electron chi connectivity index (χ2n) is 9.42. The number of nitrogens with zero attached hydrogens (tertiary/aromatic N) is 5. The standard InChI is InChI=1S/C28H27N5O3/c1-17-26(32(2)31-30-17)20-15-23-25(29-16-20)24-21(28(34)35)9-6-10-22(24)33(23)27(18-7-4-3-5-8-18)19-11-13-36-14-12-19/h3-10,15-16,19,27H,11-14H2,1-2H3,(H,34,35)/t27-/m1/s1. The Labute approximate surface area is 208 Å². The van der Waals surface area contributed by atoms with Gasteiger partial charge in [0.05, 0.1) is 39.5 Å². The zero-order valence-electron chi connectivity index (χ0n) is 20.3. The first-order chi connectivity index (χ1) is 17.5. The van der Waals surface area contributed by atoms with Crippen molar-refractivity contribution >= 4 is 27.9 Å². The molecular weight excluding hydrogens is 454 g/mol. The van der Waals surface area contributed by atoms with Gasteiger partial charge in [0.1, 0.15) is 0 Å². The van der Waals surface area contributed by atoms with Crippen LogP contribution in [0.4, 0.5) is 0 Å². The van der Waals surface area contributed by atoms with Crippen molar-refractivity contribution in [2.75, 3.05) is 13.2 Å². The summed E-state index contributed by atoms with van der Waals surface area (Å²) in [6.07, 6.45) is 3.65. The largest absolute Gasteiger partial charge is 0.478 e. The molecule has 1 aliphatic heterocycles. The summed E-state index contributed by atoms with van der Waals surface area (Å²) in [5.74, 6) is -0.628. The van der Waals surface area contributed by atoms with Crippen molar-refractivity contribution in [2.24, 2.45) is 13.0 Å². The predicted octanol–water partition coefficient (Wildman–Crippen LogP) is 5.01. The number of carbonyl (C=O) groups is 1. The summed E-state index contributed by atoms with van der Waals surface area (Å²) in [5.41, 5.74) is 6.51. The van der Waals surface area contributed by atoms with Gasteiger partial charge in [-0.25, -0.2) is 9.48 Å². The first kappa shape index (κ1) is 22.4. The van der Waals surface area contributed by atoms with Gasteiger partial charge in [-0.1, -0.05) is 41.6 Å². The van der Waals surface area contributed by atoms with Gasteiger partial charge in [-0.05, 0) is 49.4 Å². The van der Waals surface area contributed by atoms with Gasteiger partial charge >= 0.3 is 5.97 Å². The van der Waals surface area contributed by atoms with E-state index in [1.807, 2.05) is 32.2 Å². The van der Waals surface area contributed by atoms with E-state index in [0.29, 0.717) is 16.8 Å². The number of aryl methyl sites for hydroxylation is 2. The monoisotopic (exact) mass is 481 g/mol. The molecule has 6 rings (SSSR count). The fourth-order valence-corrected chi connectivity index (χ4v) is 5.73. The molecule has 0 saturated carbocycles. The van der Waals surface area contributed by atoms with Gasteiger partial charge in [0.25, 0.3) is 0 Å². The first-order valence-electron chi connectivity index (χ1n) is 12.2. The Bertz CT molecular complexity index is 1560. The van der Waals surface area contributed by atoms with E-state index >= 15 is 0 Å². The van der Waals surface area contributed by atoms with E-state index in [9.17, 15) is 9.90 Å². The molecule has 182 valence electrons. The van der Waals surface area contributed by atoms with Crippen molar-refractivity contribution in [3.8, 4) is 11.3 Å². The van der Waals surface area contributed by atoms with Gasteiger partial charge in [0.2, 0.25) is 0 Å². The highest BCUT2D eigenvalue weighted by molar-refractivity contribution is 6.15. The molecule has 3 aromatic heterocycles. The molecule has 8 nitrogen and oxygen atoms in total. The third kappa shape index (κ3) is 3.56. The minimum atomic E-state index is -0.959. The van der Waals surface area contributed by atoms with Crippen molar-refractivity contribution in [1.82, 2.24) is 24.5 Å². The molecule has 8 heteroatoms. The molecule has 0 unspecified atom stereocenters. The van der Waals surface area contributed by atoms with E-state index < -0.39 is 5.97 Å². The molecule has 1 saturated heterocycles. The van der Waals surface area contributed by atoms with Crippen LogP contribution in [-0.2, 0) is 11.8 Å². The minimum absolute atomic E-state index is 0.00181. The maximum Gasteiger partial charge on any atom is 0.336 e. The van der Waals surface area contributed by atoms with Gasteiger partial charge < -0.3 is 14.4 Å². The molecule has 2 aromatic carbocycles. The summed E-state index contributed by atoms with van der Waals surface area (Å²) in [6.45, 7) is 3.36. The summed E-state index contributed by atoms with van der Waals surface area (Å²) in [4.78, 5) is 17.1. The van der Waals surface area contributed by atoms with Crippen LogP contribution in [-0.4, -0.2) is 48.8 Å². The molecule has 0 spiro atoms. The van der Waals surface area contributed by atoms with E-state index in [0.717, 1.165) is 54.0 Å². The maximum atomic E-state index is 12.3. The normalized spacial score (nSPS) is 15.5. The van der Waals surface area contributed by atoms with Crippen LogP contribution in [0.2, 0.25) is 0 Å². The van der Waals surface area contributed by atoms with Gasteiger partial charge in [-0.3, -0.25) is 4.98 Å². The Kier molecular flexibility index (Phi) is 5.53. The Morgan fingerprint density at radius 1 is 1.08 bits per heavy atom. The maximum absolute atomic E-state index is 12.3. The molecule has 0 amide bonds. The van der Waals surface area contributed by atoms with Crippen LogP contribution in [0.3, 0.4) is 0 Å². The Balaban J connectivity index is 1.71. The van der Waals surface area contributed by atoms with E-state index in [4.69, 9.17) is 9.72 Å². The third-order valence-electron chi connectivity index (χ3n) is 7.30. The number of hydrogen-bond donors (Lipinski definition) is 1. The SMILES string of the molecule is Cc1nnn(C)c1-c1cnc2c3c(C(=O)O)cccc3n([C@H](c3ccccc3)C3CCOCC3)c2c1. The minimum Gasteiger partial charge on any atom is -0.478 e. The number of aromatic nitrogens is 5. The molecule has 0 aliphatic carbocycles. The van der Waals surface area contributed by atoms with Gasteiger partial charge in [0, 0.05) is 37.4 Å². The van der Waals surface area contributed by atoms with Crippen LogP contribution in [0.1, 0.15) is 40.5 Å².